The minimum Gasteiger partial charge on any atom is -0.379 e. The van der Waals surface area contributed by atoms with E-state index in [4.69, 9.17) is 4.74 Å². The van der Waals surface area contributed by atoms with Gasteiger partial charge < -0.3 is 10.1 Å². The van der Waals surface area contributed by atoms with E-state index in [1.54, 1.807) is 31.2 Å². The van der Waals surface area contributed by atoms with E-state index in [-0.39, 0.29) is 16.9 Å². The van der Waals surface area contributed by atoms with Crippen LogP contribution in [0, 0.1) is 0 Å². The molecule has 0 heterocycles. The summed E-state index contributed by atoms with van der Waals surface area (Å²) in [7, 11) is -3.42. The van der Waals surface area contributed by atoms with Crippen molar-refractivity contribution in [1.29, 1.82) is 0 Å². The van der Waals surface area contributed by atoms with Crippen LogP contribution < -0.4 is 10.0 Å². The van der Waals surface area contributed by atoms with Crippen molar-refractivity contribution in [3.63, 3.8) is 0 Å². The fraction of sp³-hybridized carbons (Fsp3) is 0.588. The van der Waals surface area contributed by atoms with Crippen molar-refractivity contribution in [1.82, 2.24) is 10.0 Å². The molecule has 0 aliphatic heterocycles. The molecule has 7 heteroatoms. The molecule has 0 aliphatic carbocycles. The molecule has 24 heavy (non-hydrogen) atoms. The van der Waals surface area contributed by atoms with E-state index >= 15 is 0 Å². The van der Waals surface area contributed by atoms with Crippen molar-refractivity contribution in [2.75, 3.05) is 19.7 Å². The van der Waals surface area contributed by atoms with Gasteiger partial charge in [0.05, 0.1) is 11.0 Å². The topological polar surface area (TPSA) is 84.5 Å². The number of sulfonamides is 1. The molecule has 1 aromatic carbocycles. The van der Waals surface area contributed by atoms with Crippen molar-refractivity contribution < 1.29 is 17.9 Å². The Hall–Kier alpha value is -1.44. The number of carbonyl (C=O) groups is 1. The molecule has 0 atom stereocenters. The number of aryl methyl sites for hydroxylation is 1. The van der Waals surface area contributed by atoms with Crippen molar-refractivity contribution in [2.24, 2.45) is 0 Å². The highest BCUT2D eigenvalue weighted by molar-refractivity contribution is 7.89. The molecule has 1 amide bonds. The molecule has 0 spiro atoms. The Labute approximate surface area is 145 Å². The predicted molar refractivity (Wildman–Crippen MR) is 94.3 cm³/mol. The first-order valence-corrected chi connectivity index (χ1v) is 9.80. The van der Waals surface area contributed by atoms with Gasteiger partial charge in [-0.1, -0.05) is 19.1 Å². The van der Waals surface area contributed by atoms with E-state index in [2.05, 4.69) is 10.0 Å². The number of hydrogen-bond donors (Lipinski definition) is 2. The molecule has 0 saturated carbocycles. The van der Waals surface area contributed by atoms with Gasteiger partial charge in [0.15, 0.2) is 0 Å². The molecular formula is C17H28N2O4S. The smallest absolute Gasteiger partial charge is 0.240 e. The maximum absolute atomic E-state index is 11.8. The van der Waals surface area contributed by atoms with E-state index in [9.17, 15) is 13.2 Å². The Morgan fingerprint density at radius 2 is 1.88 bits per heavy atom. The molecule has 1 rings (SSSR count). The minimum atomic E-state index is -3.42. The van der Waals surface area contributed by atoms with Crippen LogP contribution in [0.4, 0.5) is 0 Å². The molecule has 0 radical (unpaired) electrons. The lowest BCUT2D eigenvalue weighted by Gasteiger charge is -2.09. The summed E-state index contributed by atoms with van der Waals surface area (Å²) in [5, 5.41) is 2.85. The Morgan fingerprint density at radius 3 is 2.46 bits per heavy atom. The minimum absolute atomic E-state index is 0.0103. The monoisotopic (exact) mass is 356 g/mol. The Morgan fingerprint density at radius 1 is 1.21 bits per heavy atom. The second-order valence-electron chi connectivity index (χ2n) is 5.77. The number of benzene rings is 1. The van der Waals surface area contributed by atoms with E-state index in [0.717, 1.165) is 12.0 Å². The lowest BCUT2D eigenvalue weighted by Crippen LogP contribution is -2.25. The lowest BCUT2D eigenvalue weighted by molar-refractivity contribution is -0.121. The summed E-state index contributed by atoms with van der Waals surface area (Å²) in [4.78, 5) is 12.0. The highest BCUT2D eigenvalue weighted by Gasteiger charge is 2.12. The average molecular weight is 356 g/mol. The number of carbonyl (C=O) groups excluding carboxylic acids is 1. The van der Waals surface area contributed by atoms with Crippen molar-refractivity contribution in [3.8, 4) is 0 Å². The van der Waals surface area contributed by atoms with Gasteiger partial charge in [-0.15, -0.1) is 0 Å². The van der Waals surface area contributed by atoms with Gasteiger partial charge in [0, 0.05) is 26.1 Å². The molecule has 0 aromatic heterocycles. The molecule has 0 bridgehead atoms. The summed E-state index contributed by atoms with van der Waals surface area (Å²) in [5.41, 5.74) is 0.934. The summed E-state index contributed by atoms with van der Waals surface area (Å²) in [6, 6.07) is 6.62. The van der Waals surface area contributed by atoms with Crippen LogP contribution in [0.1, 0.15) is 39.2 Å². The largest absolute Gasteiger partial charge is 0.379 e. The highest BCUT2D eigenvalue weighted by Crippen LogP contribution is 2.11. The second kappa shape index (κ2) is 10.4. The molecule has 0 aliphatic rings. The number of amides is 1. The van der Waals surface area contributed by atoms with Gasteiger partial charge in [-0.25, -0.2) is 13.1 Å². The molecule has 2 N–H and O–H groups in total. The van der Waals surface area contributed by atoms with Crippen molar-refractivity contribution in [2.45, 2.75) is 51.0 Å². The Balaban J connectivity index is 2.33. The molecule has 136 valence electrons. The van der Waals surface area contributed by atoms with Crippen molar-refractivity contribution >= 4 is 15.9 Å². The normalized spacial score (nSPS) is 11.7. The summed E-state index contributed by atoms with van der Waals surface area (Å²) in [6.45, 7) is 7.29. The number of ether oxygens (including phenoxy) is 1. The van der Waals surface area contributed by atoms with Crippen LogP contribution in [0.2, 0.25) is 0 Å². The first kappa shape index (κ1) is 20.6. The van der Waals surface area contributed by atoms with Crippen LogP contribution in [-0.2, 0) is 26.0 Å². The van der Waals surface area contributed by atoms with E-state index in [1.807, 2.05) is 13.8 Å². The maximum atomic E-state index is 11.8. The summed E-state index contributed by atoms with van der Waals surface area (Å²) < 4.78 is 31.5. The van der Waals surface area contributed by atoms with Gasteiger partial charge >= 0.3 is 0 Å². The van der Waals surface area contributed by atoms with Gasteiger partial charge in [0.2, 0.25) is 15.9 Å². The third-order valence-electron chi connectivity index (χ3n) is 3.30. The first-order valence-electron chi connectivity index (χ1n) is 8.32. The lowest BCUT2D eigenvalue weighted by atomic mass is 10.1. The van der Waals surface area contributed by atoms with E-state index in [0.29, 0.717) is 32.5 Å². The molecule has 6 nitrogen and oxygen atoms in total. The summed E-state index contributed by atoms with van der Waals surface area (Å²) in [5.74, 6) is -0.0103. The maximum Gasteiger partial charge on any atom is 0.240 e. The van der Waals surface area contributed by atoms with Gasteiger partial charge in [-0.3, -0.25) is 4.79 Å². The third kappa shape index (κ3) is 7.90. The predicted octanol–water partition coefficient (Wildman–Crippen LogP) is 1.85. The van der Waals surface area contributed by atoms with Crippen LogP contribution in [0.5, 0.6) is 0 Å². The standard InChI is InChI=1S/C17H28N2O4S/c1-4-19-24(21,22)16-9-6-15(7-10-16)8-11-17(20)18-12-5-13-23-14(2)3/h6-7,9-10,14,19H,4-5,8,11-13H2,1-3H3,(H,18,20). The Kier molecular flexibility index (Phi) is 8.95. The van der Waals surface area contributed by atoms with E-state index in [1.165, 1.54) is 0 Å². The van der Waals surface area contributed by atoms with Crippen LogP contribution in [-0.4, -0.2) is 40.1 Å². The Bertz CT molecular complexity index is 598. The summed E-state index contributed by atoms with van der Waals surface area (Å²) in [6.07, 6.45) is 1.96. The summed E-state index contributed by atoms with van der Waals surface area (Å²) >= 11 is 0. The van der Waals surface area contributed by atoms with Crippen LogP contribution in [0.3, 0.4) is 0 Å². The molecule has 0 fully saturated rings. The molecule has 0 saturated heterocycles. The van der Waals surface area contributed by atoms with Gasteiger partial charge in [-0.2, -0.15) is 0 Å². The van der Waals surface area contributed by atoms with E-state index < -0.39 is 10.0 Å². The molecular weight excluding hydrogens is 328 g/mol. The zero-order valence-corrected chi connectivity index (χ0v) is 15.5. The fourth-order valence-corrected chi connectivity index (χ4v) is 3.11. The second-order valence-corrected chi connectivity index (χ2v) is 7.54. The third-order valence-corrected chi connectivity index (χ3v) is 4.86. The quantitative estimate of drug-likeness (QED) is 0.593. The highest BCUT2D eigenvalue weighted by atomic mass is 32.2. The van der Waals surface area contributed by atoms with Crippen molar-refractivity contribution in [3.05, 3.63) is 29.8 Å². The zero-order chi connectivity index (χ0) is 18.0. The molecule has 0 unspecified atom stereocenters. The zero-order valence-electron chi connectivity index (χ0n) is 14.7. The fourth-order valence-electron chi connectivity index (χ4n) is 2.07. The molecule has 1 aromatic rings. The number of rotatable bonds is 11. The van der Waals surface area contributed by atoms with Crippen LogP contribution in [0.25, 0.3) is 0 Å². The van der Waals surface area contributed by atoms with Crippen LogP contribution >= 0.6 is 0 Å². The first-order chi connectivity index (χ1) is 11.3. The average Bonchev–Trinajstić information content (AvgIpc) is 2.52. The number of nitrogens with one attached hydrogen (secondary N) is 2. The van der Waals surface area contributed by atoms with Gasteiger partial charge in [-0.05, 0) is 44.4 Å². The van der Waals surface area contributed by atoms with Crippen LogP contribution in [0.15, 0.2) is 29.2 Å². The number of hydrogen-bond acceptors (Lipinski definition) is 4. The SMILES string of the molecule is CCNS(=O)(=O)c1ccc(CCC(=O)NCCCOC(C)C)cc1. The van der Waals surface area contributed by atoms with Gasteiger partial charge in [0.25, 0.3) is 0 Å². The van der Waals surface area contributed by atoms with Gasteiger partial charge in [0.1, 0.15) is 0 Å².